The van der Waals surface area contributed by atoms with Crippen molar-refractivity contribution >= 4 is 28.7 Å². The van der Waals surface area contributed by atoms with Gasteiger partial charge in [0.2, 0.25) is 0 Å². The van der Waals surface area contributed by atoms with Crippen LogP contribution in [0.4, 0.5) is 5.69 Å². The second-order valence-electron chi connectivity index (χ2n) is 4.10. The van der Waals surface area contributed by atoms with E-state index in [1.54, 1.807) is 55.1 Å². The molecule has 4 nitrogen and oxygen atoms in total. The van der Waals surface area contributed by atoms with Crippen molar-refractivity contribution in [3.63, 3.8) is 0 Å². The number of nitrogens with one attached hydrogen (secondary N) is 1. The molecule has 19 heavy (non-hydrogen) atoms. The molecule has 0 atom stereocenters. The molecule has 2 aromatic heterocycles. The lowest BCUT2D eigenvalue weighted by Gasteiger charge is -2.05. The minimum Gasteiger partial charge on any atom is -0.322 e. The number of hydrogen-bond donors (Lipinski definition) is 1. The highest BCUT2D eigenvalue weighted by Gasteiger charge is 2.07. The SMILES string of the molecule is O=C(Nc1ccc(Cl)cc1)c1ccn2cncc2c1. The fraction of sp³-hybridized carbons (Fsp3) is 0. The lowest BCUT2D eigenvalue weighted by atomic mass is 10.2. The molecular weight excluding hydrogens is 262 g/mol. The average Bonchev–Trinajstić information content (AvgIpc) is 2.88. The number of benzene rings is 1. The number of hydrogen-bond acceptors (Lipinski definition) is 2. The largest absolute Gasteiger partial charge is 0.322 e. The zero-order valence-electron chi connectivity index (χ0n) is 9.88. The maximum absolute atomic E-state index is 12.1. The third-order valence-corrected chi connectivity index (χ3v) is 3.03. The molecule has 1 amide bonds. The molecule has 94 valence electrons. The molecule has 0 aliphatic carbocycles. The van der Waals surface area contributed by atoms with Crippen LogP contribution in [0.5, 0.6) is 0 Å². The summed E-state index contributed by atoms with van der Waals surface area (Å²) in [5, 5.41) is 3.45. The van der Waals surface area contributed by atoms with Gasteiger partial charge >= 0.3 is 0 Å². The number of nitrogens with zero attached hydrogens (tertiary/aromatic N) is 2. The van der Waals surface area contributed by atoms with Crippen LogP contribution < -0.4 is 5.32 Å². The highest BCUT2D eigenvalue weighted by atomic mass is 35.5. The number of fused-ring (bicyclic) bond motifs is 1. The number of aromatic nitrogens is 2. The van der Waals surface area contributed by atoms with Crippen LogP contribution >= 0.6 is 11.6 Å². The van der Waals surface area contributed by atoms with Crippen LogP contribution in [0.1, 0.15) is 10.4 Å². The van der Waals surface area contributed by atoms with Gasteiger partial charge in [0.05, 0.1) is 18.0 Å². The monoisotopic (exact) mass is 271 g/mol. The second-order valence-corrected chi connectivity index (χ2v) is 4.54. The Balaban J connectivity index is 1.84. The van der Waals surface area contributed by atoms with E-state index in [-0.39, 0.29) is 5.91 Å². The first-order chi connectivity index (χ1) is 9.22. The molecule has 1 aromatic carbocycles. The Morgan fingerprint density at radius 2 is 2.00 bits per heavy atom. The van der Waals surface area contributed by atoms with Gasteiger partial charge in [-0.25, -0.2) is 4.98 Å². The Labute approximate surface area is 114 Å². The molecule has 0 bridgehead atoms. The van der Waals surface area contributed by atoms with E-state index < -0.39 is 0 Å². The first-order valence-corrected chi connectivity index (χ1v) is 6.09. The number of anilines is 1. The highest BCUT2D eigenvalue weighted by molar-refractivity contribution is 6.30. The van der Waals surface area contributed by atoms with E-state index in [1.807, 2.05) is 4.40 Å². The molecule has 0 spiro atoms. The van der Waals surface area contributed by atoms with Crippen LogP contribution in [-0.2, 0) is 0 Å². The fourth-order valence-corrected chi connectivity index (χ4v) is 1.92. The van der Waals surface area contributed by atoms with Gasteiger partial charge in [-0.3, -0.25) is 4.79 Å². The fourth-order valence-electron chi connectivity index (χ4n) is 1.80. The first kappa shape index (κ1) is 11.7. The Hall–Kier alpha value is -2.33. The summed E-state index contributed by atoms with van der Waals surface area (Å²) in [6.45, 7) is 0. The van der Waals surface area contributed by atoms with Crippen molar-refractivity contribution in [2.75, 3.05) is 5.32 Å². The molecule has 0 fully saturated rings. The Kier molecular flexibility index (Phi) is 2.93. The summed E-state index contributed by atoms with van der Waals surface area (Å²) in [5.74, 6) is -0.161. The minimum atomic E-state index is -0.161. The molecule has 2 heterocycles. The van der Waals surface area contributed by atoms with Crippen LogP contribution in [0, 0.1) is 0 Å². The van der Waals surface area contributed by atoms with Crippen molar-refractivity contribution in [1.82, 2.24) is 9.38 Å². The van der Waals surface area contributed by atoms with E-state index in [4.69, 9.17) is 11.6 Å². The van der Waals surface area contributed by atoms with Crippen LogP contribution in [-0.4, -0.2) is 15.3 Å². The molecule has 0 aliphatic heterocycles. The van der Waals surface area contributed by atoms with Gasteiger partial charge in [-0.15, -0.1) is 0 Å². The smallest absolute Gasteiger partial charge is 0.255 e. The van der Waals surface area contributed by atoms with Crippen molar-refractivity contribution in [2.45, 2.75) is 0 Å². The summed E-state index contributed by atoms with van der Waals surface area (Å²) < 4.78 is 1.85. The van der Waals surface area contributed by atoms with Crippen LogP contribution in [0.3, 0.4) is 0 Å². The van der Waals surface area contributed by atoms with Crippen molar-refractivity contribution in [3.05, 3.63) is 65.7 Å². The minimum absolute atomic E-state index is 0.161. The first-order valence-electron chi connectivity index (χ1n) is 5.71. The molecule has 0 saturated carbocycles. The van der Waals surface area contributed by atoms with E-state index in [9.17, 15) is 4.79 Å². The second kappa shape index (κ2) is 4.74. The van der Waals surface area contributed by atoms with Crippen molar-refractivity contribution in [2.24, 2.45) is 0 Å². The number of carbonyl (C=O) groups excluding carboxylic acids is 1. The predicted octanol–water partition coefficient (Wildman–Crippen LogP) is 3.24. The molecule has 1 N–H and O–H groups in total. The summed E-state index contributed by atoms with van der Waals surface area (Å²) in [6.07, 6.45) is 5.20. The number of amides is 1. The molecule has 0 radical (unpaired) electrons. The zero-order chi connectivity index (χ0) is 13.2. The number of rotatable bonds is 2. The Bertz CT molecular complexity index is 734. The van der Waals surface area contributed by atoms with Gasteiger partial charge in [0, 0.05) is 22.5 Å². The van der Waals surface area contributed by atoms with Gasteiger partial charge in [-0.05, 0) is 36.4 Å². The van der Waals surface area contributed by atoms with Crippen molar-refractivity contribution in [3.8, 4) is 0 Å². The molecule has 0 saturated heterocycles. The summed E-state index contributed by atoms with van der Waals surface area (Å²) in [5.41, 5.74) is 2.18. The van der Waals surface area contributed by atoms with Gasteiger partial charge in [0.25, 0.3) is 5.91 Å². The number of halogens is 1. The molecule has 3 rings (SSSR count). The summed E-state index contributed by atoms with van der Waals surface area (Å²) >= 11 is 5.80. The van der Waals surface area contributed by atoms with Crippen LogP contribution in [0.15, 0.2) is 55.1 Å². The maximum atomic E-state index is 12.1. The molecule has 3 aromatic rings. The normalized spacial score (nSPS) is 10.6. The quantitative estimate of drug-likeness (QED) is 0.778. The Morgan fingerprint density at radius 1 is 1.21 bits per heavy atom. The summed E-state index contributed by atoms with van der Waals surface area (Å²) in [4.78, 5) is 16.1. The third-order valence-electron chi connectivity index (χ3n) is 2.78. The summed E-state index contributed by atoms with van der Waals surface area (Å²) in [7, 11) is 0. The highest BCUT2D eigenvalue weighted by Crippen LogP contribution is 2.15. The molecule has 0 aliphatic rings. The molecule has 5 heteroatoms. The summed E-state index contributed by atoms with van der Waals surface area (Å²) in [6, 6.07) is 10.5. The van der Waals surface area contributed by atoms with Gasteiger partial charge in [0.1, 0.15) is 0 Å². The number of imidazole rings is 1. The van der Waals surface area contributed by atoms with Crippen molar-refractivity contribution < 1.29 is 4.79 Å². The van der Waals surface area contributed by atoms with E-state index in [0.717, 1.165) is 5.52 Å². The van der Waals surface area contributed by atoms with E-state index in [0.29, 0.717) is 16.3 Å². The zero-order valence-corrected chi connectivity index (χ0v) is 10.6. The van der Waals surface area contributed by atoms with E-state index >= 15 is 0 Å². The molecular formula is C14H10ClN3O. The number of carbonyl (C=O) groups is 1. The van der Waals surface area contributed by atoms with E-state index in [2.05, 4.69) is 10.3 Å². The number of pyridine rings is 1. The predicted molar refractivity (Wildman–Crippen MR) is 74.6 cm³/mol. The third kappa shape index (κ3) is 2.44. The van der Waals surface area contributed by atoms with Crippen molar-refractivity contribution in [1.29, 1.82) is 0 Å². The lowest BCUT2D eigenvalue weighted by molar-refractivity contribution is 0.102. The van der Waals surface area contributed by atoms with Gasteiger partial charge in [-0.2, -0.15) is 0 Å². The topological polar surface area (TPSA) is 46.4 Å². The average molecular weight is 272 g/mol. The van der Waals surface area contributed by atoms with Gasteiger partial charge in [0.15, 0.2) is 0 Å². The van der Waals surface area contributed by atoms with Gasteiger partial charge in [-0.1, -0.05) is 11.6 Å². The van der Waals surface area contributed by atoms with E-state index in [1.165, 1.54) is 0 Å². The Morgan fingerprint density at radius 3 is 2.79 bits per heavy atom. The van der Waals surface area contributed by atoms with Crippen LogP contribution in [0.25, 0.3) is 5.52 Å². The maximum Gasteiger partial charge on any atom is 0.255 e. The van der Waals surface area contributed by atoms with Crippen LogP contribution in [0.2, 0.25) is 5.02 Å². The van der Waals surface area contributed by atoms with Gasteiger partial charge < -0.3 is 9.72 Å². The standard InChI is InChI=1S/C14H10ClN3O/c15-11-1-3-12(4-2-11)17-14(19)10-5-6-18-9-16-8-13(18)7-10/h1-9H,(H,17,19). The molecule has 0 unspecified atom stereocenters. The lowest BCUT2D eigenvalue weighted by Crippen LogP contribution is -2.11.